The van der Waals surface area contributed by atoms with Crippen LogP contribution < -0.4 is 15.8 Å². The maximum Gasteiger partial charge on any atom is 0.409 e. The van der Waals surface area contributed by atoms with Crippen LogP contribution in [0.25, 0.3) is 0 Å². The van der Waals surface area contributed by atoms with Crippen LogP contribution in [0.5, 0.6) is 5.75 Å². The van der Waals surface area contributed by atoms with E-state index in [9.17, 15) is 9.59 Å². The predicted molar refractivity (Wildman–Crippen MR) is 81.7 cm³/mol. The summed E-state index contributed by atoms with van der Waals surface area (Å²) in [4.78, 5) is 22.7. The number of nitrogens with two attached hydrogens (primary N) is 1. The van der Waals surface area contributed by atoms with Crippen LogP contribution >= 0.6 is 0 Å². The van der Waals surface area contributed by atoms with Crippen molar-refractivity contribution in [2.24, 2.45) is 5.73 Å². The smallest absolute Gasteiger partial charge is 0.409 e. The number of benzene rings is 1. The average Bonchev–Trinajstić information content (AvgIpc) is 2.47. The van der Waals surface area contributed by atoms with Crippen LogP contribution in [0.3, 0.4) is 0 Å². The van der Waals surface area contributed by atoms with E-state index in [-0.39, 0.29) is 11.9 Å². The van der Waals surface area contributed by atoms with E-state index in [4.69, 9.17) is 15.2 Å². The van der Waals surface area contributed by atoms with Gasteiger partial charge < -0.3 is 20.5 Å². The topological polar surface area (TPSA) is 90.7 Å². The van der Waals surface area contributed by atoms with Crippen molar-refractivity contribution in [2.75, 3.05) is 13.2 Å². The summed E-state index contributed by atoms with van der Waals surface area (Å²) in [7, 11) is 0. The lowest BCUT2D eigenvalue weighted by Gasteiger charge is -2.23. The van der Waals surface area contributed by atoms with Gasteiger partial charge in [0.15, 0.2) is 0 Å². The Morgan fingerprint density at radius 1 is 1.36 bits per heavy atom. The number of aryl methyl sites for hydroxylation is 2. The lowest BCUT2D eigenvalue weighted by atomic mass is 10.0. The van der Waals surface area contributed by atoms with Crippen molar-refractivity contribution in [2.45, 2.75) is 38.6 Å². The summed E-state index contributed by atoms with van der Waals surface area (Å²) in [5.74, 6) is 0.476. The molecule has 0 aromatic heterocycles. The highest BCUT2D eigenvalue weighted by Gasteiger charge is 2.16. The normalized spacial score (nSPS) is 15.3. The number of primary amides is 1. The lowest BCUT2D eigenvalue weighted by molar-refractivity contribution is -0.122. The second-order valence-corrected chi connectivity index (χ2v) is 5.46. The quantitative estimate of drug-likeness (QED) is 0.866. The lowest BCUT2D eigenvalue weighted by Crippen LogP contribution is -2.38. The van der Waals surface area contributed by atoms with Crippen LogP contribution in [-0.4, -0.2) is 31.3 Å². The molecule has 1 aromatic carbocycles. The van der Waals surface area contributed by atoms with E-state index < -0.39 is 6.09 Å². The predicted octanol–water partition coefficient (Wildman–Crippen LogP) is 1.68. The summed E-state index contributed by atoms with van der Waals surface area (Å²) in [6, 6.07) is 5.52. The first-order valence-electron chi connectivity index (χ1n) is 7.48. The summed E-state index contributed by atoms with van der Waals surface area (Å²) in [5.41, 5.74) is 7.00. The molecule has 0 bridgehead atoms. The molecule has 0 spiro atoms. The van der Waals surface area contributed by atoms with Gasteiger partial charge in [-0.05, 0) is 49.4 Å². The Hall–Kier alpha value is -2.08. The van der Waals surface area contributed by atoms with Gasteiger partial charge in [0.25, 0.3) is 0 Å². The van der Waals surface area contributed by atoms with E-state index in [1.54, 1.807) is 12.1 Å². The standard InChI is InChI=1S/C16H22N2O4/c1-11-10-14(22-16(17)20)4-2-12(11)3-5-15(19)18-13-6-8-21-9-7-13/h2,4,10,13H,3,5-9H2,1H3,(H2,17,20)(H,18,19). The first-order valence-corrected chi connectivity index (χ1v) is 7.48. The molecule has 0 aliphatic carbocycles. The third kappa shape index (κ3) is 5.04. The molecule has 2 amide bonds. The van der Waals surface area contributed by atoms with Gasteiger partial charge >= 0.3 is 6.09 Å². The van der Waals surface area contributed by atoms with Crippen molar-refractivity contribution in [1.29, 1.82) is 0 Å². The molecule has 3 N–H and O–H groups in total. The van der Waals surface area contributed by atoms with Crippen molar-refractivity contribution in [3.05, 3.63) is 29.3 Å². The number of hydrogen-bond donors (Lipinski definition) is 2. The van der Waals surface area contributed by atoms with Crippen molar-refractivity contribution >= 4 is 12.0 Å². The number of carbonyl (C=O) groups excluding carboxylic acids is 2. The summed E-state index contributed by atoms with van der Waals surface area (Å²) < 4.78 is 10.1. The zero-order valence-corrected chi connectivity index (χ0v) is 12.8. The summed E-state index contributed by atoms with van der Waals surface area (Å²) in [5, 5.41) is 3.04. The first kappa shape index (κ1) is 16.3. The highest BCUT2D eigenvalue weighted by molar-refractivity contribution is 5.76. The average molecular weight is 306 g/mol. The number of rotatable bonds is 5. The third-order valence-electron chi connectivity index (χ3n) is 3.74. The molecule has 0 atom stereocenters. The highest BCUT2D eigenvalue weighted by Crippen LogP contribution is 2.18. The van der Waals surface area contributed by atoms with Crippen LogP contribution in [0.4, 0.5) is 4.79 Å². The van der Waals surface area contributed by atoms with E-state index in [1.165, 1.54) is 0 Å². The maximum absolute atomic E-state index is 12.0. The molecular formula is C16H22N2O4. The van der Waals surface area contributed by atoms with Crippen LogP contribution in [0.2, 0.25) is 0 Å². The second-order valence-electron chi connectivity index (χ2n) is 5.46. The molecule has 22 heavy (non-hydrogen) atoms. The molecule has 1 saturated heterocycles. The van der Waals surface area contributed by atoms with Crippen LogP contribution in [0, 0.1) is 6.92 Å². The Morgan fingerprint density at radius 3 is 2.73 bits per heavy atom. The molecule has 120 valence electrons. The second kappa shape index (κ2) is 7.79. The Morgan fingerprint density at radius 2 is 2.09 bits per heavy atom. The van der Waals surface area contributed by atoms with Crippen molar-refractivity contribution in [3.8, 4) is 5.75 Å². The van der Waals surface area contributed by atoms with Crippen LogP contribution in [-0.2, 0) is 16.0 Å². The van der Waals surface area contributed by atoms with Gasteiger partial charge in [0.05, 0.1) is 0 Å². The largest absolute Gasteiger partial charge is 0.410 e. The van der Waals surface area contributed by atoms with Crippen LogP contribution in [0.15, 0.2) is 18.2 Å². The SMILES string of the molecule is Cc1cc(OC(N)=O)ccc1CCC(=O)NC1CCOCC1. The molecule has 1 aliphatic rings. The van der Waals surface area contributed by atoms with E-state index in [2.05, 4.69) is 5.32 Å². The summed E-state index contributed by atoms with van der Waals surface area (Å²) >= 11 is 0. The zero-order valence-electron chi connectivity index (χ0n) is 12.8. The minimum Gasteiger partial charge on any atom is -0.410 e. The van der Waals surface area contributed by atoms with E-state index in [0.29, 0.717) is 31.8 Å². The maximum atomic E-state index is 12.0. The molecule has 1 heterocycles. The molecule has 0 radical (unpaired) electrons. The molecular weight excluding hydrogens is 284 g/mol. The molecule has 6 heteroatoms. The van der Waals surface area contributed by atoms with Crippen molar-refractivity contribution in [3.63, 3.8) is 0 Å². The molecule has 0 saturated carbocycles. The molecule has 6 nitrogen and oxygen atoms in total. The Kier molecular flexibility index (Phi) is 5.77. The van der Waals surface area contributed by atoms with Crippen LogP contribution in [0.1, 0.15) is 30.4 Å². The Labute approximate surface area is 130 Å². The fourth-order valence-electron chi connectivity index (χ4n) is 2.52. The van der Waals surface area contributed by atoms with Gasteiger partial charge in [-0.2, -0.15) is 0 Å². The Bertz CT molecular complexity index is 539. The van der Waals surface area contributed by atoms with Gasteiger partial charge in [0, 0.05) is 25.7 Å². The summed E-state index contributed by atoms with van der Waals surface area (Å²) in [6.07, 6.45) is 2.02. The van der Waals surface area contributed by atoms with E-state index >= 15 is 0 Å². The van der Waals surface area contributed by atoms with Crippen molar-refractivity contribution < 1.29 is 19.1 Å². The van der Waals surface area contributed by atoms with Gasteiger partial charge in [-0.15, -0.1) is 0 Å². The Balaban J connectivity index is 1.82. The van der Waals surface area contributed by atoms with Gasteiger partial charge in [0.1, 0.15) is 5.75 Å². The number of amides is 2. The van der Waals surface area contributed by atoms with Gasteiger partial charge in [-0.3, -0.25) is 4.79 Å². The van der Waals surface area contributed by atoms with Gasteiger partial charge in [-0.1, -0.05) is 6.07 Å². The number of hydrogen-bond acceptors (Lipinski definition) is 4. The number of carbonyl (C=O) groups is 2. The van der Waals surface area contributed by atoms with Gasteiger partial charge in [0.2, 0.25) is 5.91 Å². The fourth-order valence-corrected chi connectivity index (χ4v) is 2.52. The molecule has 1 aromatic rings. The van der Waals surface area contributed by atoms with E-state index in [0.717, 1.165) is 24.0 Å². The number of ether oxygens (including phenoxy) is 2. The fraction of sp³-hybridized carbons (Fsp3) is 0.500. The van der Waals surface area contributed by atoms with Gasteiger partial charge in [-0.25, -0.2) is 4.79 Å². The molecule has 2 rings (SSSR count). The number of nitrogens with one attached hydrogen (secondary N) is 1. The molecule has 0 unspecified atom stereocenters. The zero-order chi connectivity index (χ0) is 15.9. The minimum absolute atomic E-state index is 0.0590. The summed E-state index contributed by atoms with van der Waals surface area (Å²) in [6.45, 7) is 3.34. The first-order chi connectivity index (χ1) is 10.5. The monoisotopic (exact) mass is 306 g/mol. The third-order valence-corrected chi connectivity index (χ3v) is 3.74. The molecule has 1 fully saturated rings. The minimum atomic E-state index is -0.831. The van der Waals surface area contributed by atoms with E-state index in [1.807, 2.05) is 13.0 Å². The highest BCUT2D eigenvalue weighted by atomic mass is 16.5. The molecule has 1 aliphatic heterocycles. The van der Waals surface area contributed by atoms with Crippen molar-refractivity contribution in [1.82, 2.24) is 5.32 Å².